The number of fused-ring (bicyclic) bond motifs is 13. The number of para-hydroxylation sites is 4. The molecule has 13 rings (SSSR count). The second-order valence-corrected chi connectivity index (χ2v) is 20.6. The number of hydrogen-bond acceptors (Lipinski definition) is 2. The lowest BCUT2D eigenvalue weighted by molar-refractivity contribution is 0.314. The molecule has 12 aromatic rings. The minimum Gasteiger partial charge on any atom is -0.310 e. The van der Waals surface area contributed by atoms with Crippen molar-refractivity contribution in [2.75, 3.05) is 9.80 Å². The van der Waals surface area contributed by atoms with Crippen LogP contribution in [0.3, 0.4) is 0 Å². The Morgan fingerprint density at radius 1 is 0.439 bits per heavy atom. The van der Waals surface area contributed by atoms with Crippen molar-refractivity contribution in [3.05, 3.63) is 192 Å². The van der Waals surface area contributed by atoms with Crippen molar-refractivity contribution < 1.29 is 0 Å². The Kier molecular flexibility index (Phi) is 8.23. The van der Waals surface area contributed by atoms with Gasteiger partial charge >= 0.3 is 0 Å². The number of hydrogen-bond donors (Lipinski definition) is 0. The molecule has 0 spiro atoms. The molecule has 0 fully saturated rings. The van der Waals surface area contributed by atoms with Gasteiger partial charge in [0.05, 0.1) is 39.0 Å². The van der Waals surface area contributed by atoms with Gasteiger partial charge in [0.1, 0.15) is 0 Å². The summed E-state index contributed by atoms with van der Waals surface area (Å²) in [4.78, 5) is 4.91. The number of benzene rings is 8. The van der Waals surface area contributed by atoms with E-state index in [-0.39, 0.29) is 10.8 Å². The number of nitrogens with zero attached hydrogens (tertiary/aromatic N) is 4. The van der Waals surface area contributed by atoms with Crippen LogP contribution in [0.25, 0.3) is 77.4 Å². The van der Waals surface area contributed by atoms with Gasteiger partial charge in [-0.2, -0.15) is 0 Å². The van der Waals surface area contributed by atoms with Crippen molar-refractivity contribution in [1.82, 2.24) is 8.80 Å². The van der Waals surface area contributed by atoms with Crippen LogP contribution < -0.4 is 20.4 Å². The Morgan fingerprint density at radius 2 is 0.909 bits per heavy atom. The molecule has 0 bridgehead atoms. The monoisotopic (exact) mass is 852 g/mol. The summed E-state index contributed by atoms with van der Waals surface area (Å²) < 4.78 is 5.24. The first-order valence-electron chi connectivity index (χ1n) is 23.6. The summed E-state index contributed by atoms with van der Waals surface area (Å²) in [5.74, 6) is 0.411. The second kappa shape index (κ2) is 14.0. The lowest BCUT2D eigenvalue weighted by atomic mass is 9.77. The largest absolute Gasteiger partial charge is 0.310 e. The van der Waals surface area contributed by atoms with Crippen molar-refractivity contribution in [3.63, 3.8) is 0 Å². The zero-order valence-corrected chi connectivity index (χ0v) is 38.5. The summed E-state index contributed by atoms with van der Waals surface area (Å²) in [5, 5.41) is 11.7. The third-order valence-corrected chi connectivity index (χ3v) is 14.7. The maximum absolute atomic E-state index is 2.63. The quantitative estimate of drug-likeness (QED) is 0.166. The van der Waals surface area contributed by atoms with E-state index >= 15 is 0 Å². The standard InChI is InChI=1S/C62H52N4/c1-61(2,3)39-27-32-50-48(37-39)57-53(64(43-23-15-9-16-24-43)44-25-17-10-18-26-44)36-31-47-55-54(65(50)60(47)57)35-30-45-46-29-34-52(63(41-19-11-7-12-20-41)42-21-13-8-14-22-42)56-49-38-40(62(4,5)6)28-33-51(49)66(58(45)55)59(46)56/h7-26,28-39H,27H2,1-6H3. The molecule has 1 aliphatic rings. The van der Waals surface area contributed by atoms with E-state index in [1.807, 2.05) is 0 Å². The van der Waals surface area contributed by atoms with Crippen LogP contribution in [0.4, 0.5) is 34.1 Å². The third-order valence-electron chi connectivity index (χ3n) is 14.7. The van der Waals surface area contributed by atoms with Crippen LogP contribution >= 0.6 is 0 Å². The van der Waals surface area contributed by atoms with Gasteiger partial charge in [-0.15, -0.1) is 0 Å². The van der Waals surface area contributed by atoms with Gasteiger partial charge < -0.3 is 18.6 Å². The van der Waals surface area contributed by atoms with Gasteiger partial charge in [0, 0.05) is 71.0 Å². The molecule has 0 radical (unpaired) electrons. The first-order chi connectivity index (χ1) is 32.1. The molecule has 4 heteroatoms. The van der Waals surface area contributed by atoms with Gasteiger partial charge in [-0.05, 0) is 114 Å². The van der Waals surface area contributed by atoms with E-state index in [0.29, 0.717) is 5.92 Å². The molecule has 0 N–H and O–H groups in total. The van der Waals surface area contributed by atoms with E-state index in [2.05, 4.69) is 248 Å². The Morgan fingerprint density at radius 3 is 1.44 bits per heavy atom. The van der Waals surface area contributed by atoms with E-state index in [0.717, 1.165) is 29.2 Å². The highest BCUT2D eigenvalue weighted by Gasteiger charge is 2.31. The molecule has 8 aromatic carbocycles. The molecule has 4 aromatic heterocycles. The zero-order valence-electron chi connectivity index (χ0n) is 38.5. The van der Waals surface area contributed by atoms with E-state index in [9.17, 15) is 0 Å². The average Bonchev–Trinajstić information content (AvgIpc) is 4.06. The summed E-state index contributed by atoms with van der Waals surface area (Å²) in [6.45, 7) is 14.1. The fraction of sp³-hybridized carbons (Fsp3) is 0.161. The number of aromatic nitrogens is 2. The molecule has 4 heterocycles. The minimum atomic E-state index is -0.0227. The first-order valence-corrected chi connectivity index (χ1v) is 23.6. The van der Waals surface area contributed by atoms with E-state index in [1.54, 1.807) is 0 Å². The van der Waals surface area contributed by atoms with Crippen LogP contribution in [-0.2, 0) is 5.41 Å². The molecule has 1 unspecified atom stereocenters. The Balaban J connectivity index is 1.20. The predicted octanol–water partition coefficient (Wildman–Crippen LogP) is 15.7. The molecular formula is C62H52N4. The maximum atomic E-state index is 2.63. The van der Waals surface area contributed by atoms with Gasteiger partial charge in [-0.25, -0.2) is 0 Å². The minimum absolute atomic E-state index is 0.0227. The third kappa shape index (κ3) is 5.51. The van der Waals surface area contributed by atoms with Crippen LogP contribution in [0.5, 0.6) is 0 Å². The highest BCUT2D eigenvalue weighted by Crippen LogP contribution is 2.51. The van der Waals surface area contributed by atoms with Crippen LogP contribution in [0, 0.1) is 11.3 Å². The molecule has 0 saturated heterocycles. The molecule has 4 nitrogen and oxygen atoms in total. The topological polar surface area (TPSA) is 15.3 Å². The van der Waals surface area contributed by atoms with Gasteiger partial charge in [-0.1, -0.05) is 145 Å². The molecule has 0 aliphatic heterocycles. The van der Waals surface area contributed by atoms with Crippen molar-refractivity contribution >= 4 is 112 Å². The maximum Gasteiger partial charge on any atom is 0.0642 e. The average molecular weight is 853 g/mol. The highest BCUT2D eigenvalue weighted by atomic mass is 15.2. The normalized spacial score (nSPS) is 14.5. The van der Waals surface area contributed by atoms with Gasteiger partial charge in [-0.3, -0.25) is 0 Å². The van der Waals surface area contributed by atoms with Crippen molar-refractivity contribution in [2.45, 2.75) is 53.4 Å². The van der Waals surface area contributed by atoms with Crippen molar-refractivity contribution in [1.29, 1.82) is 0 Å². The zero-order chi connectivity index (χ0) is 44.6. The Labute approximate surface area is 385 Å². The van der Waals surface area contributed by atoms with Crippen LogP contribution in [-0.4, -0.2) is 8.80 Å². The molecule has 1 atom stereocenters. The molecular weight excluding hydrogens is 801 g/mol. The fourth-order valence-corrected chi connectivity index (χ4v) is 11.4. The summed E-state index contributed by atoms with van der Waals surface area (Å²) in [7, 11) is 0. The molecule has 0 saturated carbocycles. The van der Waals surface area contributed by atoms with Crippen LogP contribution in [0.1, 0.15) is 53.5 Å². The molecule has 1 aliphatic carbocycles. The SMILES string of the molecule is CC(C)(C)c1ccc2c(c1)c1c(N(c3ccccc3)c3ccccc3)ccc3c4ccc5c(c6ccc(N(c7ccccc7)c7ccccc7)c7c8c(n5c76)=CCC(C(C)(C)C)C=8)c4n2c31. The lowest BCUT2D eigenvalue weighted by Gasteiger charge is -2.29. The van der Waals surface area contributed by atoms with Crippen molar-refractivity contribution in [2.24, 2.45) is 11.3 Å². The molecule has 66 heavy (non-hydrogen) atoms. The number of anilines is 6. The molecule has 0 amide bonds. The first kappa shape index (κ1) is 38.9. The predicted molar refractivity (Wildman–Crippen MR) is 282 cm³/mol. The molecule has 320 valence electrons. The van der Waals surface area contributed by atoms with Crippen molar-refractivity contribution in [3.8, 4) is 0 Å². The van der Waals surface area contributed by atoms with E-state index in [4.69, 9.17) is 0 Å². The summed E-state index contributed by atoms with van der Waals surface area (Å²) in [5.41, 5.74) is 14.7. The Hall–Kier alpha value is -7.56. The number of rotatable bonds is 6. The lowest BCUT2D eigenvalue weighted by Crippen LogP contribution is -2.34. The van der Waals surface area contributed by atoms with Gasteiger partial charge in [0.2, 0.25) is 0 Å². The van der Waals surface area contributed by atoms with Crippen LogP contribution in [0.2, 0.25) is 0 Å². The fourth-order valence-electron chi connectivity index (χ4n) is 11.4. The van der Waals surface area contributed by atoms with Gasteiger partial charge in [0.25, 0.3) is 0 Å². The highest BCUT2D eigenvalue weighted by molar-refractivity contribution is 6.34. The summed E-state index contributed by atoms with van der Waals surface area (Å²) in [6.07, 6.45) is 6.15. The van der Waals surface area contributed by atoms with Gasteiger partial charge in [0.15, 0.2) is 0 Å². The summed E-state index contributed by atoms with van der Waals surface area (Å²) >= 11 is 0. The smallest absolute Gasteiger partial charge is 0.0642 e. The Bertz CT molecular complexity index is 3880. The summed E-state index contributed by atoms with van der Waals surface area (Å²) in [6, 6.07) is 65.1. The second-order valence-electron chi connectivity index (χ2n) is 20.6. The van der Waals surface area contributed by atoms with E-state index < -0.39 is 0 Å². The van der Waals surface area contributed by atoms with E-state index in [1.165, 1.54) is 92.8 Å². The van der Waals surface area contributed by atoms with Crippen LogP contribution in [0.15, 0.2) is 176 Å².